The molecule has 3 N–H and O–H groups in total. The number of benzene rings is 1. The molecule has 0 spiro atoms. The van der Waals surface area contributed by atoms with Gasteiger partial charge in [-0.1, -0.05) is 11.6 Å². The van der Waals surface area contributed by atoms with Crippen molar-refractivity contribution in [3.8, 4) is 0 Å². The van der Waals surface area contributed by atoms with Gasteiger partial charge in [0.1, 0.15) is 0 Å². The number of nitrogens with two attached hydrogens (primary N) is 1. The van der Waals surface area contributed by atoms with E-state index < -0.39 is 0 Å². The van der Waals surface area contributed by atoms with Gasteiger partial charge >= 0.3 is 0 Å². The molecule has 0 aliphatic rings. The molecule has 0 unspecified atom stereocenters. The Bertz CT molecular complexity index is 420. The van der Waals surface area contributed by atoms with Crippen LogP contribution < -0.4 is 5.73 Å². The zero-order valence-corrected chi connectivity index (χ0v) is 7.93. The number of hydrogen-bond donors (Lipinski definition) is 2. The van der Waals surface area contributed by atoms with Crippen LogP contribution in [0.1, 0.15) is 5.56 Å². The van der Waals surface area contributed by atoms with Crippen molar-refractivity contribution in [2.24, 2.45) is 5.73 Å². The predicted molar refractivity (Wildman–Crippen MR) is 56.1 cm³/mol. The largest absolute Gasteiger partial charge is 0.361 e. The van der Waals surface area contributed by atoms with Crippen molar-refractivity contribution >= 4 is 22.5 Å². The van der Waals surface area contributed by atoms with Gasteiger partial charge in [-0.3, -0.25) is 0 Å². The monoisotopic (exact) mass is 194 g/mol. The number of H-pyrrole nitrogens is 1. The van der Waals surface area contributed by atoms with E-state index in [1.807, 2.05) is 18.3 Å². The minimum atomic E-state index is 0.635. The molecule has 0 saturated heterocycles. The first-order valence-electron chi connectivity index (χ1n) is 4.27. The van der Waals surface area contributed by atoms with E-state index in [4.69, 9.17) is 17.3 Å². The Balaban J connectivity index is 2.56. The maximum atomic E-state index is 6.06. The van der Waals surface area contributed by atoms with E-state index in [-0.39, 0.29) is 0 Å². The van der Waals surface area contributed by atoms with E-state index in [2.05, 4.69) is 11.1 Å². The molecule has 1 aromatic heterocycles. The molecule has 0 fully saturated rings. The van der Waals surface area contributed by atoms with E-state index in [0.29, 0.717) is 6.54 Å². The van der Waals surface area contributed by atoms with E-state index in [1.165, 1.54) is 5.39 Å². The molecule has 0 radical (unpaired) electrons. The molecule has 0 saturated carbocycles. The molecule has 0 atom stereocenters. The lowest BCUT2D eigenvalue weighted by molar-refractivity contribution is 0.971. The summed E-state index contributed by atoms with van der Waals surface area (Å²) in [6.07, 6.45) is 2.74. The SMILES string of the molecule is NCCc1cc2cc[nH]c2cc1Cl. The smallest absolute Gasteiger partial charge is 0.0469 e. The second-order valence-corrected chi connectivity index (χ2v) is 3.45. The van der Waals surface area contributed by atoms with Gasteiger partial charge in [0, 0.05) is 16.7 Å². The number of rotatable bonds is 2. The minimum Gasteiger partial charge on any atom is -0.361 e. The molecule has 13 heavy (non-hydrogen) atoms. The second kappa shape index (κ2) is 3.40. The molecule has 0 aliphatic carbocycles. The summed E-state index contributed by atoms with van der Waals surface area (Å²) < 4.78 is 0. The zero-order valence-electron chi connectivity index (χ0n) is 7.18. The van der Waals surface area contributed by atoms with Gasteiger partial charge in [-0.05, 0) is 42.1 Å². The highest BCUT2D eigenvalue weighted by Crippen LogP contribution is 2.23. The highest BCUT2D eigenvalue weighted by atomic mass is 35.5. The third-order valence-electron chi connectivity index (χ3n) is 2.13. The van der Waals surface area contributed by atoms with Crippen LogP contribution in [-0.4, -0.2) is 11.5 Å². The predicted octanol–water partition coefficient (Wildman–Crippen LogP) is 2.32. The van der Waals surface area contributed by atoms with Crippen LogP contribution >= 0.6 is 11.6 Å². The van der Waals surface area contributed by atoms with Crippen LogP contribution in [-0.2, 0) is 6.42 Å². The average Bonchev–Trinajstić information content (AvgIpc) is 2.52. The molecule has 3 heteroatoms. The van der Waals surface area contributed by atoms with Crippen LogP contribution in [0.5, 0.6) is 0 Å². The molecule has 0 amide bonds. The van der Waals surface area contributed by atoms with Crippen molar-refractivity contribution < 1.29 is 0 Å². The molecular formula is C10H11ClN2. The molecule has 68 valence electrons. The van der Waals surface area contributed by atoms with E-state index >= 15 is 0 Å². The summed E-state index contributed by atoms with van der Waals surface area (Å²) in [5, 5.41) is 1.98. The van der Waals surface area contributed by atoms with Gasteiger partial charge < -0.3 is 10.7 Å². The van der Waals surface area contributed by atoms with Crippen molar-refractivity contribution in [3.63, 3.8) is 0 Å². The minimum absolute atomic E-state index is 0.635. The fourth-order valence-corrected chi connectivity index (χ4v) is 1.73. The lowest BCUT2D eigenvalue weighted by atomic mass is 10.1. The van der Waals surface area contributed by atoms with Crippen LogP contribution in [0.25, 0.3) is 10.9 Å². The van der Waals surface area contributed by atoms with Gasteiger partial charge in [-0.2, -0.15) is 0 Å². The normalized spacial score (nSPS) is 10.9. The molecular weight excluding hydrogens is 184 g/mol. The number of hydrogen-bond acceptors (Lipinski definition) is 1. The fourth-order valence-electron chi connectivity index (χ4n) is 1.47. The fraction of sp³-hybridized carbons (Fsp3) is 0.200. The number of halogens is 1. The van der Waals surface area contributed by atoms with Gasteiger partial charge in [0.05, 0.1) is 0 Å². The van der Waals surface area contributed by atoms with Crippen LogP contribution in [0.2, 0.25) is 5.02 Å². The van der Waals surface area contributed by atoms with Gasteiger partial charge in [0.2, 0.25) is 0 Å². The second-order valence-electron chi connectivity index (χ2n) is 3.05. The Morgan fingerprint density at radius 3 is 3.00 bits per heavy atom. The quantitative estimate of drug-likeness (QED) is 0.757. The molecule has 0 bridgehead atoms. The summed E-state index contributed by atoms with van der Waals surface area (Å²) in [6, 6.07) is 6.06. The molecule has 2 nitrogen and oxygen atoms in total. The Hall–Kier alpha value is -0.990. The molecule has 2 rings (SSSR count). The summed E-state index contributed by atoms with van der Waals surface area (Å²) in [5.74, 6) is 0. The standard InChI is InChI=1S/C10H11ClN2/c11-9-6-10-8(2-4-13-10)5-7(9)1-3-12/h2,4-6,13H,1,3,12H2. The zero-order chi connectivity index (χ0) is 9.26. The lowest BCUT2D eigenvalue weighted by Crippen LogP contribution is -2.02. The lowest BCUT2D eigenvalue weighted by Gasteiger charge is -2.02. The maximum absolute atomic E-state index is 6.06. The topological polar surface area (TPSA) is 41.8 Å². The average molecular weight is 195 g/mol. The molecule has 2 aromatic rings. The Morgan fingerprint density at radius 2 is 2.23 bits per heavy atom. The van der Waals surface area contributed by atoms with Crippen molar-refractivity contribution in [1.29, 1.82) is 0 Å². The third-order valence-corrected chi connectivity index (χ3v) is 2.49. The number of fused-ring (bicyclic) bond motifs is 1. The summed E-state index contributed by atoms with van der Waals surface area (Å²) in [6.45, 7) is 0.635. The van der Waals surface area contributed by atoms with Crippen molar-refractivity contribution in [2.45, 2.75) is 6.42 Å². The Kier molecular flexibility index (Phi) is 2.25. The maximum Gasteiger partial charge on any atom is 0.0469 e. The number of aromatic nitrogens is 1. The van der Waals surface area contributed by atoms with E-state index in [1.54, 1.807) is 0 Å². The first kappa shape index (κ1) is 8.60. The summed E-state index contributed by atoms with van der Waals surface area (Å²) in [7, 11) is 0. The van der Waals surface area contributed by atoms with Crippen molar-refractivity contribution in [2.75, 3.05) is 6.54 Å². The van der Waals surface area contributed by atoms with Crippen molar-refractivity contribution in [1.82, 2.24) is 4.98 Å². The summed E-state index contributed by atoms with van der Waals surface area (Å²) >= 11 is 6.06. The van der Waals surface area contributed by atoms with Crippen LogP contribution in [0.3, 0.4) is 0 Å². The summed E-state index contributed by atoms with van der Waals surface area (Å²) in [5.41, 5.74) is 7.68. The Morgan fingerprint density at radius 1 is 1.38 bits per heavy atom. The highest BCUT2D eigenvalue weighted by Gasteiger charge is 2.02. The first-order valence-corrected chi connectivity index (χ1v) is 4.64. The van der Waals surface area contributed by atoms with Gasteiger partial charge in [0.15, 0.2) is 0 Å². The summed E-state index contributed by atoms with van der Waals surface area (Å²) in [4.78, 5) is 3.11. The Labute approximate surface area is 81.7 Å². The highest BCUT2D eigenvalue weighted by molar-refractivity contribution is 6.32. The molecule has 0 aliphatic heterocycles. The van der Waals surface area contributed by atoms with Crippen molar-refractivity contribution in [3.05, 3.63) is 35.0 Å². The van der Waals surface area contributed by atoms with Gasteiger partial charge in [-0.25, -0.2) is 0 Å². The molecule has 1 aromatic carbocycles. The molecule has 1 heterocycles. The van der Waals surface area contributed by atoms with Crippen LogP contribution in [0, 0.1) is 0 Å². The van der Waals surface area contributed by atoms with Gasteiger partial charge in [0.25, 0.3) is 0 Å². The van der Waals surface area contributed by atoms with E-state index in [0.717, 1.165) is 22.5 Å². The number of aromatic amines is 1. The first-order chi connectivity index (χ1) is 6.31. The third kappa shape index (κ3) is 1.55. The van der Waals surface area contributed by atoms with Crippen LogP contribution in [0.15, 0.2) is 24.4 Å². The number of nitrogens with one attached hydrogen (secondary N) is 1. The van der Waals surface area contributed by atoms with E-state index in [9.17, 15) is 0 Å². The van der Waals surface area contributed by atoms with Crippen LogP contribution in [0.4, 0.5) is 0 Å². The van der Waals surface area contributed by atoms with Gasteiger partial charge in [-0.15, -0.1) is 0 Å².